The van der Waals surface area contributed by atoms with Crippen LogP contribution >= 0.6 is 0 Å². The summed E-state index contributed by atoms with van der Waals surface area (Å²) >= 11 is 0. The van der Waals surface area contributed by atoms with Crippen LogP contribution in [0.4, 0.5) is 0 Å². The van der Waals surface area contributed by atoms with Crippen molar-refractivity contribution >= 4 is 11.9 Å². The molecule has 2 heterocycles. The van der Waals surface area contributed by atoms with Gasteiger partial charge in [0.1, 0.15) is 6.04 Å². The molecule has 0 aliphatic carbocycles. The number of rotatable bonds is 3. The lowest BCUT2D eigenvalue weighted by molar-refractivity contribution is -0.150. The van der Waals surface area contributed by atoms with Gasteiger partial charge < -0.3 is 15.3 Å². The maximum Gasteiger partial charge on any atom is 0.326 e. The smallest absolute Gasteiger partial charge is 0.326 e. The number of likely N-dealkylation sites (tertiary alicyclic amines) is 1. The van der Waals surface area contributed by atoms with Gasteiger partial charge in [-0.3, -0.25) is 4.79 Å². The quantitative estimate of drug-likeness (QED) is 0.788. The fraction of sp³-hybridized carbons (Fsp3) is 0.846. The van der Waals surface area contributed by atoms with Crippen LogP contribution in [0.2, 0.25) is 0 Å². The van der Waals surface area contributed by atoms with Gasteiger partial charge in [0.2, 0.25) is 5.91 Å². The van der Waals surface area contributed by atoms with E-state index in [0.717, 1.165) is 38.6 Å². The second-order valence-corrected chi connectivity index (χ2v) is 5.29. The van der Waals surface area contributed by atoms with Gasteiger partial charge in [-0.25, -0.2) is 4.79 Å². The Labute approximate surface area is 108 Å². The lowest BCUT2D eigenvalue weighted by atomic mass is 10.1. The molecular weight excluding hydrogens is 232 g/mol. The highest BCUT2D eigenvalue weighted by Gasteiger charge is 2.32. The van der Waals surface area contributed by atoms with Gasteiger partial charge in [-0.15, -0.1) is 0 Å². The third kappa shape index (κ3) is 3.22. The number of nitrogens with zero attached hydrogens (tertiary/aromatic N) is 1. The molecular formula is C13H22N2O3. The summed E-state index contributed by atoms with van der Waals surface area (Å²) in [6.07, 6.45) is 6.03. The molecule has 0 aromatic heterocycles. The molecule has 2 fully saturated rings. The van der Waals surface area contributed by atoms with E-state index in [4.69, 9.17) is 0 Å². The number of nitrogens with one attached hydrogen (secondary N) is 1. The molecule has 5 heteroatoms. The largest absolute Gasteiger partial charge is 0.480 e. The zero-order valence-corrected chi connectivity index (χ0v) is 10.7. The summed E-state index contributed by atoms with van der Waals surface area (Å²) in [6, 6.07) is -0.364. The van der Waals surface area contributed by atoms with Crippen molar-refractivity contribution in [1.82, 2.24) is 10.2 Å². The van der Waals surface area contributed by atoms with Crippen LogP contribution in [-0.4, -0.2) is 47.1 Å². The van der Waals surface area contributed by atoms with Crippen molar-refractivity contribution in [1.29, 1.82) is 0 Å². The highest BCUT2D eigenvalue weighted by Crippen LogP contribution is 2.19. The third-order valence-corrected chi connectivity index (χ3v) is 3.94. The Balaban J connectivity index is 1.97. The fourth-order valence-corrected chi connectivity index (χ4v) is 2.92. The molecule has 0 radical (unpaired) electrons. The van der Waals surface area contributed by atoms with Gasteiger partial charge in [0.25, 0.3) is 0 Å². The number of carbonyl (C=O) groups excluding carboxylic acids is 1. The molecule has 18 heavy (non-hydrogen) atoms. The Hall–Kier alpha value is -1.10. The number of carbonyl (C=O) groups is 2. The average molecular weight is 254 g/mol. The van der Waals surface area contributed by atoms with Crippen molar-refractivity contribution in [3.63, 3.8) is 0 Å². The second kappa shape index (κ2) is 6.18. The van der Waals surface area contributed by atoms with Crippen molar-refractivity contribution in [3.8, 4) is 0 Å². The van der Waals surface area contributed by atoms with E-state index in [-0.39, 0.29) is 11.9 Å². The summed E-state index contributed by atoms with van der Waals surface area (Å²) in [5.74, 6) is -0.853. The second-order valence-electron chi connectivity index (χ2n) is 5.29. The van der Waals surface area contributed by atoms with Crippen LogP contribution < -0.4 is 5.32 Å². The molecule has 0 aromatic rings. The standard InChI is InChI=1S/C13H22N2O3/c16-12(9-10-5-4-7-14-10)15-8-3-1-2-6-11(15)13(17)18/h10-11,14H,1-9H2,(H,17,18). The van der Waals surface area contributed by atoms with Crippen LogP contribution in [0.5, 0.6) is 0 Å². The Bertz CT molecular complexity index is 313. The van der Waals surface area contributed by atoms with Crippen LogP contribution in [0.15, 0.2) is 0 Å². The van der Waals surface area contributed by atoms with Crippen LogP contribution in [0, 0.1) is 0 Å². The lowest BCUT2D eigenvalue weighted by Gasteiger charge is -2.28. The lowest BCUT2D eigenvalue weighted by Crippen LogP contribution is -2.46. The molecule has 2 N–H and O–H groups in total. The summed E-state index contributed by atoms with van der Waals surface area (Å²) in [4.78, 5) is 25.1. The monoisotopic (exact) mass is 254 g/mol. The van der Waals surface area contributed by atoms with E-state index in [0.29, 0.717) is 19.4 Å². The molecule has 2 saturated heterocycles. The Morgan fingerprint density at radius 1 is 1.17 bits per heavy atom. The molecule has 0 bridgehead atoms. The number of aliphatic carboxylic acids is 1. The number of carboxylic acids is 1. The first-order valence-corrected chi connectivity index (χ1v) is 6.94. The van der Waals surface area contributed by atoms with Crippen molar-refractivity contribution in [2.45, 2.75) is 57.0 Å². The molecule has 2 atom stereocenters. The molecule has 102 valence electrons. The summed E-state index contributed by atoms with van der Waals surface area (Å²) in [6.45, 7) is 1.57. The molecule has 2 aliphatic rings. The Kier molecular flexibility index (Phi) is 4.58. The maximum absolute atomic E-state index is 12.2. The Morgan fingerprint density at radius 3 is 2.67 bits per heavy atom. The van der Waals surface area contributed by atoms with Crippen LogP contribution in [-0.2, 0) is 9.59 Å². The van der Waals surface area contributed by atoms with Crippen LogP contribution in [0.25, 0.3) is 0 Å². The van der Waals surface area contributed by atoms with E-state index in [1.54, 1.807) is 4.90 Å². The van der Waals surface area contributed by atoms with E-state index in [9.17, 15) is 14.7 Å². The van der Waals surface area contributed by atoms with Gasteiger partial charge >= 0.3 is 5.97 Å². The van der Waals surface area contributed by atoms with Gasteiger partial charge in [0.15, 0.2) is 0 Å². The highest BCUT2D eigenvalue weighted by molar-refractivity contribution is 5.84. The third-order valence-electron chi connectivity index (χ3n) is 3.94. The predicted molar refractivity (Wildman–Crippen MR) is 67.2 cm³/mol. The van der Waals surface area contributed by atoms with E-state index >= 15 is 0 Å². The number of hydrogen-bond donors (Lipinski definition) is 2. The minimum atomic E-state index is -0.857. The van der Waals surface area contributed by atoms with Crippen LogP contribution in [0.3, 0.4) is 0 Å². The van der Waals surface area contributed by atoms with Crippen molar-refractivity contribution in [2.24, 2.45) is 0 Å². The average Bonchev–Trinajstić information content (AvgIpc) is 2.70. The van der Waals surface area contributed by atoms with E-state index in [1.165, 1.54) is 0 Å². The fourth-order valence-electron chi connectivity index (χ4n) is 2.92. The first-order valence-electron chi connectivity index (χ1n) is 6.94. The van der Waals surface area contributed by atoms with Crippen molar-refractivity contribution in [3.05, 3.63) is 0 Å². The van der Waals surface area contributed by atoms with E-state index in [2.05, 4.69) is 5.32 Å². The normalized spacial score (nSPS) is 29.0. The molecule has 0 saturated carbocycles. The van der Waals surface area contributed by atoms with E-state index in [1.807, 2.05) is 0 Å². The van der Waals surface area contributed by atoms with Gasteiger partial charge in [0, 0.05) is 19.0 Å². The number of amides is 1. The molecule has 0 spiro atoms. The summed E-state index contributed by atoms with van der Waals surface area (Å²) < 4.78 is 0. The summed E-state index contributed by atoms with van der Waals surface area (Å²) in [7, 11) is 0. The summed E-state index contributed by atoms with van der Waals surface area (Å²) in [5.41, 5.74) is 0. The topological polar surface area (TPSA) is 69.6 Å². The number of carboxylic acid groups (broad SMARTS) is 1. The van der Waals surface area contributed by atoms with Gasteiger partial charge in [-0.2, -0.15) is 0 Å². The van der Waals surface area contributed by atoms with Crippen molar-refractivity contribution in [2.75, 3.05) is 13.1 Å². The maximum atomic E-state index is 12.2. The van der Waals surface area contributed by atoms with Gasteiger partial charge in [-0.1, -0.05) is 12.8 Å². The highest BCUT2D eigenvalue weighted by atomic mass is 16.4. The Morgan fingerprint density at radius 2 is 2.00 bits per heavy atom. The minimum Gasteiger partial charge on any atom is -0.480 e. The first kappa shape index (κ1) is 13.3. The van der Waals surface area contributed by atoms with Gasteiger partial charge in [0.05, 0.1) is 0 Å². The van der Waals surface area contributed by atoms with Crippen LogP contribution in [0.1, 0.15) is 44.9 Å². The molecule has 1 amide bonds. The predicted octanol–water partition coefficient (Wildman–Crippen LogP) is 0.984. The first-order chi connectivity index (χ1) is 8.68. The summed E-state index contributed by atoms with van der Waals surface area (Å²) in [5, 5.41) is 12.5. The molecule has 0 aromatic carbocycles. The molecule has 2 aliphatic heterocycles. The number of hydrogen-bond acceptors (Lipinski definition) is 3. The zero-order chi connectivity index (χ0) is 13.0. The van der Waals surface area contributed by atoms with Gasteiger partial charge in [-0.05, 0) is 32.2 Å². The molecule has 2 rings (SSSR count). The SMILES string of the molecule is O=C(O)C1CCCCCN1C(=O)CC1CCCN1. The minimum absolute atomic E-state index is 0.00343. The molecule has 5 nitrogen and oxygen atoms in total. The molecule has 2 unspecified atom stereocenters. The zero-order valence-electron chi connectivity index (χ0n) is 10.7. The van der Waals surface area contributed by atoms with Crippen molar-refractivity contribution < 1.29 is 14.7 Å². The van der Waals surface area contributed by atoms with E-state index < -0.39 is 12.0 Å².